The predicted octanol–water partition coefficient (Wildman–Crippen LogP) is 5.17. The molecule has 190 valence electrons. The molecule has 0 saturated carbocycles. The predicted molar refractivity (Wildman–Crippen MR) is 145 cm³/mol. The highest BCUT2D eigenvalue weighted by Crippen LogP contribution is 2.43. The molecule has 5 aromatic rings. The highest BCUT2D eigenvalue weighted by molar-refractivity contribution is 6.00. The first kappa shape index (κ1) is 23.6. The summed E-state index contributed by atoms with van der Waals surface area (Å²) in [5, 5.41) is 15.5. The van der Waals surface area contributed by atoms with Gasteiger partial charge < -0.3 is 24.9 Å². The van der Waals surface area contributed by atoms with Gasteiger partial charge >= 0.3 is 0 Å². The largest absolute Gasteiger partial charge is 0.497 e. The number of fused-ring (bicyclic) bond motifs is 2. The third-order valence-corrected chi connectivity index (χ3v) is 6.85. The average molecular weight is 507 g/mol. The molecule has 0 spiro atoms. The zero-order valence-corrected chi connectivity index (χ0v) is 20.9. The molecule has 1 atom stereocenters. The van der Waals surface area contributed by atoms with Crippen molar-refractivity contribution in [3.63, 3.8) is 0 Å². The van der Waals surface area contributed by atoms with Crippen LogP contribution >= 0.6 is 0 Å². The highest BCUT2D eigenvalue weighted by Gasteiger charge is 2.49. The number of carbonyl (C=O) groups is 1. The minimum Gasteiger partial charge on any atom is -0.497 e. The quantitative estimate of drug-likeness (QED) is 0.282. The molecule has 1 unspecified atom stereocenters. The van der Waals surface area contributed by atoms with Gasteiger partial charge in [-0.15, -0.1) is 0 Å². The van der Waals surface area contributed by atoms with Gasteiger partial charge in [0.2, 0.25) is 5.95 Å². The molecule has 3 N–H and O–H groups in total. The first-order chi connectivity index (χ1) is 18.5. The fourth-order valence-electron chi connectivity index (χ4n) is 4.98. The Labute approximate surface area is 219 Å². The first-order valence-corrected chi connectivity index (χ1v) is 12.2. The van der Waals surface area contributed by atoms with E-state index in [0.29, 0.717) is 45.2 Å². The van der Waals surface area contributed by atoms with Crippen LogP contribution in [0, 0.1) is 0 Å². The van der Waals surface area contributed by atoms with E-state index >= 15 is 0 Å². The van der Waals surface area contributed by atoms with E-state index in [0.717, 1.165) is 11.3 Å². The van der Waals surface area contributed by atoms with Crippen molar-refractivity contribution in [1.82, 2.24) is 14.9 Å². The number of H-pyrrole nitrogens is 1. The van der Waals surface area contributed by atoms with E-state index in [1.807, 2.05) is 72.8 Å². The van der Waals surface area contributed by atoms with Crippen molar-refractivity contribution >= 4 is 28.6 Å². The SMILES string of the molecule is COc1cc(Nc2nc3ccc(C4(O)c5ccccc5C(=O)N4Cc4ccccc4)cc3[nH]2)cc(OC)c1. The summed E-state index contributed by atoms with van der Waals surface area (Å²) in [5.74, 6) is 1.60. The second-order valence-electron chi connectivity index (χ2n) is 9.14. The molecule has 0 aliphatic carbocycles. The van der Waals surface area contributed by atoms with Crippen molar-refractivity contribution in [1.29, 1.82) is 0 Å². The number of benzene rings is 4. The summed E-state index contributed by atoms with van der Waals surface area (Å²) < 4.78 is 10.7. The van der Waals surface area contributed by atoms with Crippen LogP contribution in [0.1, 0.15) is 27.0 Å². The van der Waals surface area contributed by atoms with Gasteiger partial charge in [0.25, 0.3) is 5.91 Å². The van der Waals surface area contributed by atoms with E-state index in [4.69, 9.17) is 9.47 Å². The molecular formula is C30H26N4O4. The summed E-state index contributed by atoms with van der Waals surface area (Å²) in [6.45, 7) is 0.260. The van der Waals surface area contributed by atoms with Crippen LogP contribution in [0.15, 0.2) is 91.0 Å². The van der Waals surface area contributed by atoms with Crippen LogP contribution < -0.4 is 14.8 Å². The van der Waals surface area contributed by atoms with Crippen LogP contribution in [0.3, 0.4) is 0 Å². The minimum atomic E-state index is -1.64. The number of hydrogen-bond acceptors (Lipinski definition) is 6. The highest BCUT2D eigenvalue weighted by atomic mass is 16.5. The Morgan fingerprint density at radius 2 is 1.63 bits per heavy atom. The Morgan fingerprint density at radius 3 is 2.37 bits per heavy atom. The molecule has 0 radical (unpaired) electrons. The Morgan fingerprint density at radius 1 is 0.921 bits per heavy atom. The fourth-order valence-corrected chi connectivity index (χ4v) is 4.98. The fraction of sp³-hybridized carbons (Fsp3) is 0.133. The molecule has 0 saturated heterocycles. The summed E-state index contributed by atoms with van der Waals surface area (Å²) in [7, 11) is 3.19. The van der Waals surface area contributed by atoms with Crippen LogP contribution in [0.5, 0.6) is 11.5 Å². The molecular weight excluding hydrogens is 480 g/mol. The molecule has 38 heavy (non-hydrogen) atoms. The van der Waals surface area contributed by atoms with Gasteiger partial charge in [-0.3, -0.25) is 9.69 Å². The van der Waals surface area contributed by atoms with Gasteiger partial charge in [-0.1, -0.05) is 54.6 Å². The zero-order valence-electron chi connectivity index (χ0n) is 20.9. The van der Waals surface area contributed by atoms with Gasteiger partial charge in [-0.25, -0.2) is 4.98 Å². The summed E-state index contributed by atoms with van der Waals surface area (Å²) in [6.07, 6.45) is 0. The van der Waals surface area contributed by atoms with Crippen LogP contribution in [-0.4, -0.2) is 40.1 Å². The Kier molecular flexibility index (Phi) is 5.73. The number of aliphatic hydroxyl groups is 1. The molecule has 1 aromatic heterocycles. The van der Waals surface area contributed by atoms with E-state index in [9.17, 15) is 9.90 Å². The Balaban J connectivity index is 1.39. The normalized spacial score (nSPS) is 16.5. The third-order valence-electron chi connectivity index (χ3n) is 6.85. The lowest BCUT2D eigenvalue weighted by Crippen LogP contribution is -2.44. The number of carbonyl (C=O) groups excluding carboxylic acids is 1. The lowest BCUT2D eigenvalue weighted by molar-refractivity contribution is -0.0542. The molecule has 6 rings (SSSR count). The third kappa shape index (κ3) is 3.91. The summed E-state index contributed by atoms with van der Waals surface area (Å²) in [5.41, 5.74) is 3.06. The summed E-state index contributed by atoms with van der Waals surface area (Å²) in [6, 6.07) is 27.8. The number of rotatable bonds is 7. The van der Waals surface area contributed by atoms with E-state index in [2.05, 4.69) is 15.3 Å². The van der Waals surface area contributed by atoms with Crippen LogP contribution in [0.25, 0.3) is 11.0 Å². The molecule has 8 nitrogen and oxygen atoms in total. The van der Waals surface area contributed by atoms with Gasteiger partial charge in [0, 0.05) is 47.1 Å². The van der Waals surface area contributed by atoms with Gasteiger partial charge in [-0.2, -0.15) is 0 Å². The van der Waals surface area contributed by atoms with Crippen LogP contribution in [0.4, 0.5) is 11.6 Å². The molecule has 1 amide bonds. The number of aromatic amines is 1. The number of imidazole rings is 1. The van der Waals surface area contributed by atoms with E-state index in [-0.39, 0.29) is 12.5 Å². The second kappa shape index (κ2) is 9.24. The van der Waals surface area contributed by atoms with Crippen molar-refractivity contribution in [2.24, 2.45) is 0 Å². The van der Waals surface area contributed by atoms with Gasteiger partial charge in [0.15, 0.2) is 5.72 Å². The molecule has 4 aromatic carbocycles. The van der Waals surface area contributed by atoms with Gasteiger partial charge in [0.05, 0.1) is 25.3 Å². The van der Waals surface area contributed by atoms with Crippen molar-refractivity contribution in [3.8, 4) is 11.5 Å². The Bertz CT molecular complexity index is 1630. The zero-order chi connectivity index (χ0) is 26.3. The molecule has 1 aliphatic rings. The topological polar surface area (TPSA) is 99.7 Å². The summed E-state index contributed by atoms with van der Waals surface area (Å²) in [4.78, 5) is 22.9. The number of hydrogen-bond donors (Lipinski definition) is 3. The van der Waals surface area contributed by atoms with E-state index in [1.54, 1.807) is 32.4 Å². The lowest BCUT2D eigenvalue weighted by atomic mass is 9.93. The van der Waals surface area contributed by atoms with Crippen molar-refractivity contribution in [2.75, 3.05) is 19.5 Å². The lowest BCUT2D eigenvalue weighted by Gasteiger charge is -2.35. The van der Waals surface area contributed by atoms with E-state index < -0.39 is 5.72 Å². The number of anilines is 2. The number of methoxy groups -OCH3 is 2. The maximum atomic E-state index is 13.5. The maximum Gasteiger partial charge on any atom is 0.257 e. The molecule has 2 heterocycles. The van der Waals surface area contributed by atoms with E-state index in [1.165, 1.54) is 4.90 Å². The smallest absolute Gasteiger partial charge is 0.257 e. The number of amides is 1. The van der Waals surface area contributed by atoms with Crippen LogP contribution in [-0.2, 0) is 12.3 Å². The van der Waals surface area contributed by atoms with Gasteiger partial charge in [-0.05, 0) is 23.8 Å². The second-order valence-corrected chi connectivity index (χ2v) is 9.14. The average Bonchev–Trinajstić information content (AvgIpc) is 3.45. The van der Waals surface area contributed by atoms with Crippen LogP contribution in [0.2, 0.25) is 0 Å². The first-order valence-electron chi connectivity index (χ1n) is 12.2. The number of ether oxygens (including phenoxy) is 2. The summed E-state index contributed by atoms with van der Waals surface area (Å²) >= 11 is 0. The monoisotopic (exact) mass is 506 g/mol. The molecule has 8 heteroatoms. The number of nitrogens with one attached hydrogen (secondary N) is 2. The number of nitrogens with zero attached hydrogens (tertiary/aromatic N) is 2. The van der Waals surface area contributed by atoms with Gasteiger partial charge in [0.1, 0.15) is 11.5 Å². The van der Waals surface area contributed by atoms with Crippen molar-refractivity contribution in [3.05, 3.63) is 113 Å². The standard InChI is InChI=1S/C30H26N4O4/c1-37-22-15-21(16-23(17-22)38-2)31-29-32-26-13-12-20(14-27(26)33-29)30(36)25-11-7-6-10-24(25)28(35)34(30)18-19-8-4-3-5-9-19/h3-17,36H,18H2,1-2H3,(H2,31,32,33). The molecule has 1 aliphatic heterocycles. The minimum absolute atomic E-state index is 0.217. The Hall–Kier alpha value is -4.82. The van der Waals surface area contributed by atoms with Crippen molar-refractivity contribution < 1.29 is 19.4 Å². The molecule has 0 bridgehead atoms. The maximum absolute atomic E-state index is 13.5. The molecule has 0 fully saturated rings. The number of aromatic nitrogens is 2. The van der Waals surface area contributed by atoms with Crippen molar-refractivity contribution in [2.45, 2.75) is 12.3 Å².